The number of hydrogen-bond acceptors (Lipinski definition) is 6. The minimum atomic E-state index is -3.90. The molecule has 0 heterocycles. The number of amides is 1. The monoisotopic (exact) mass is 374 g/mol. The summed E-state index contributed by atoms with van der Waals surface area (Å²) in [6.45, 7) is -0.445. The summed E-state index contributed by atoms with van der Waals surface area (Å²) in [6.07, 6.45) is 0. The Labute approximate surface area is 149 Å². The van der Waals surface area contributed by atoms with Crippen LogP contribution in [0.4, 0.5) is 11.4 Å². The van der Waals surface area contributed by atoms with Gasteiger partial charge in [-0.3, -0.25) is 14.9 Å². The summed E-state index contributed by atoms with van der Waals surface area (Å²) in [5.74, 6) is -0.599. The van der Waals surface area contributed by atoms with E-state index < -0.39 is 27.4 Å². The van der Waals surface area contributed by atoms with E-state index in [0.29, 0.717) is 11.3 Å². The van der Waals surface area contributed by atoms with Gasteiger partial charge in [-0.1, -0.05) is 0 Å². The first-order valence-electron chi connectivity index (χ1n) is 7.25. The fraction of sp³-hybridized carbons (Fsp3) is 0.125. The molecule has 10 heteroatoms. The van der Waals surface area contributed by atoms with Crippen molar-refractivity contribution < 1.29 is 18.1 Å². The van der Waals surface area contributed by atoms with Crippen LogP contribution in [0.5, 0.6) is 0 Å². The van der Waals surface area contributed by atoms with Gasteiger partial charge >= 0.3 is 0 Å². The average molecular weight is 374 g/mol. The zero-order chi connectivity index (χ0) is 19.3. The van der Waals surface area contributed by atoms with Crippen molar-refractivity contribution in [3.63, 3.8) is 0 Å². The van der Waals surface area contributed by atoms with Crippen LogP contribution in [0.25, 0.3) is 0 Å². The van der Waals surface area contributed by atoms with Gasteiger partial charge in [0, 0.05) is 24.9 Å². The maximum absolute atomic E-state index is 12.4. The summed E-state index contributed by atoms with van der Waals surface area (Å²) >= 11 is 0. The zero-order valence-electron chi connectivity index (χ0n) is 13.6. The molecule has 0 aromatic heterocycles. The molecule has 9 nitrogen and oxygen atoms in total. The van der Waals surface area contributed by atoms with E-state index in [1.807, 2.05) is 6.07 Å². The van der Waals surface area contributed by atoms with Gasteiger partial charge in [-0.15, -0.1) is 0 Å². The van der Waals surface area contributed by atoms with Gasteiger partial charge in [-0.25, -0.2) is 8.42 Å². The van der Waals surface area contributed by atoms with E-state index in [2.05, 4.69) is 5.32 Å². The molecule has 26 heavy (non-hydrogen) atoms. The largest absolute Gasteiger partial charge is 0.325 e. The second-order valence-electron chi connectivity index (χ2n) is 5.25. The summed E-state index contributed by atoms with van der Waals surface area (Å²) in [5, 5.41) is 21.8. The van der Waals surface area contributed by atoms with Crippen LogP contribution in [-0.2, 0) is 14.8 Å². The smallest absolute Gasteiger partial charge is 0.269 e. The molecule has 0 saturated carbocycles. The predicted octanol–water partition coefficient (Wildman–Crippen LogP) is 1.73. The molecule has 0 atom stereocenters. The number of anilines is 1. The Hall–Kier alpha value is -3.29. The molecule has 0 radical (unpaired) electrons. The van der Waals surface area contributed by atoms with Gasteiger partial charge < -0.3 is 5.32 Å². The highest BCUT2D eigenvalue weighted by molar-refractivity contribution is 7.89. The number of carbonyl (C=O) groups excluding carboxylic acids is 1. The normalized spacial score (nSPS) is 11.0. The minimum Gasteiger partial charge on any atom is -0.325 e. The molecule has 134 valence electrons. The summed E-state index contributed by atoms with van der Waals surface area (Å²) in [4.78, 5) is 22.0. The lowest BCUT2D eigenvalue weighted by Crippen LogP contribution is -2.34. The van der Waals surface area contributed by atoms with Crippen LogP contribution in [0, 0.1) is 21.4 Å². The Kier molecular flexibility index (Phi) is 5.66. The van der Waals surface area contributed by atoms with Gasteiger partial charge in [-0.05, 0) is 36.4 Å². The summed E-state index contributed by atoms with van der Waals surface area (Å²) < 4.78 is 25.7. The third-order valence-corrected chi connectivity index (χ3v) is 5.24. The van der Waals surface area contributed by atoms with Crippen molar-refractivity contribution in [3.05, 3.63) is 64.2 Å². The van der Waals surface area contributed by atoms with Crippen LogP contribution in [0.1, 0.15) is 5.56 Å². The molecule has 0 fully saturated rings. The van der Waals surface area contributed by atoms with Crippen LogP contribution in [0.3, 0.4) is 0 Å². The van der Waals surface area contributed by atoms with Crippen molar-refractivity contribution >= 4 is 27.3 Å². The van der Waals surface area contributed by atoms with Crippen LogP contribution < -0.4 is 5.32 Å². The molecule has 0 spiro atoms. The fourth-order valence-electron chi connectivity index (χ4n) is 2.04. The van der Waals surface area contributed by atoms with E-state index in [-0.39, 0.29) is 10.6 Å². The fourth-order valence-corrected chi connectivity index (χ4v) is 3.16. The van der Waals surface area contributed by atoms with E-state index in [4.69, 9.17) is 5.26 Å². The highest BCUT2D eigenvalue weighted by Gasteiger charge is 2.23. The van der Waals surface area contributed by atoms with Crippen LogP contribution >= 0.6 is 0 Å². The number of hydrogen-bond donors (Lipinski definition) is 1. The number of benzene rings is 2. The average Bonchev–Trinajstić information content (AvgIpc) is 2.62. The van der Waals surface area contributed by atoms with E-state index in [1.165, 1.54) is 55.6 Å². The highest BCUT2D eigenvalue weighted by atomic mass is 32.2. The molecule has 0 aliphatic rings. The number of likely N-dealkylation sites (N-methyl/N-ethyl adjacent to an activating group) is 1. The van der Waals surface area contributed by atoms with Crippen molar-refractivity contribution in [2.24, 2.45) is 0 Å². The number of nitro groups is 1. The number of rotatable bonds is 6. The SMILES string of the molecule is CN(CC(=O)Nc1ccc([N+](=O)[O-])cc1)S(=O)(=O)c1ccc(C#N)cc1. The van der Waals surface area contributed by atoms with Gasteiger partial charge in [0.1, 0.15) is 0 Å². The molecule has 0 aliphatic carbocycles. The number of sulfonamides is 1. The third kappa shape index (κ3) is 4.41. The lowest BCUT2D eigenvalue weighted by molar-refractivity contribution is -0.384. The second-order valence-corrected chi connectivity index (χ2v) is 7.29. The first-order valence-corrected chi connectivity index (χ1v) is 8.69. The molecular formula is C16H14N4O5S. The first kappa shape index (κ1) is 19.0. The minimum absolute atomic E-state index is 0.0397. The molecule has 0 bridgehead atoms. The molecule has 0 saturated heterocycles. The van der Waals surface area contributed by atoms with Crippen LogP contribution in [0.2, 0.25) is 0 Å². The van der Waals surface area contributed by atoms with Crippen molar-refractivity contribution in [2.75, 3.05) is 18.9 Å². The molecule has 0 aliphatic heterocycles. The number of nitro benzene ring substituents is 1. The highest BCUT2D eigenvalue weighted by Crippen LogP contribution is 2.17. The quantitative estimate of drug-likeness (QED) is 0.604. The number of non-ortho nitro benzene ring substituents is 1. The third-order valence-electron chi connectivity index (χ3n) is 3.42. The summed E-state index contributed by atoms with van der Waals surface area (Å²) in [6, 6.07) is 12.4. The Morgan fingerprint density at radius 3 is 2.27 bits per heavy atom. The standard InChI is InChI=1S/C16H14N4O5S/c1-19(26(24,25)15-8-2-12(10-17)3-9-15)11-16(21)18-13-4-6-14(7-5-13)20(22)23/h2-9H,11H2,1H3,(H,18,21). The maximum atomic E-state index is 12.4. The Morgan fingerprint density at radius 1 is 1.19 bits per heavy atom. The number of nitrogens with zero attached hydrogens (tertiary/aromatic N) is 3. The van der Waals surface area contributed by atoms with E-state index >= 15 is 0 Å². The lowest BCUT2D eigenvalue weighted by atomic mass is 10.2. The van der Waals surface area contributed by atoms with Gasteiger partial charge in [-0.2, -0.15) is 9.57 Å². The van der Waals surface area contributed by atoms with Gasteiger partial charge in [0.2, 0.25) is 15.9 Å². The first-order chi connectivity index (χ1) is 12.2. The van der Waals surface area contributed by atoms with Crippen molar-refractivity contribution in [1.82, 2.24) is 4.31 Å². The Morgan fingerprint density at radius 2 is 1.77 bits per heavy atom. The van der Waals surface area contributed by atoms with E-state index in [0.717, 1.165) is 4.31 Å². The van der Waals surface area contributed by atoms with E-state index in [1.54, 1.807) is 0 Å². The van der Waals surface area contributed by atoms with Crippen LogP contribution in [-0.4, -0.2) is 37.1 Å². The molecule has 2 rings (SSSR count). The summed E-state index contributed by atoms with van der Waals surface area (Å²) in [5.41, 5.74) is 0.510. The molecule has 2 aromatic rings. The topological polar surface area (TPSA) is 133 Å². The number of carbonyl (C=O) groups is 1. The molecule has 2 aromatic carbocycles. The van der Waals surface area contributed by atoms with Gasteiger partial charge in [0.25, 0.3) is 5.69 Å². The number of nitriles is 1. The molecule has 0 unspecified atom stereocenters. The lowest BCUT2D eigenvalue weighted by Gasteiger charge is -2.17. The zero-order valence-corrected chi connectivity index (χ0v) is 14.4. The van der Waals surface area contributed by atoms with Crippen molar-refractivity contribution in [2.45, 2.75) is 4.90 Å². The predicted molar refractivity (Wildman–Crippen MR) is 92.7 cm³/mol. The van der Waals surface area contributed by atoms with Crippen molar-refractivity contribution in [3.8, 4) is 6.07 Å². The van der Waals surface area contributed by atoms with E-state index in [9.17, 15) is 23.3 Å². The van der Waals surface area contributed by atoms with Gasteiger partial charge in [0.15, 0.2) is 0 Å². The molecule has 1 N–H and O–H groups in total. The number of nitrogens with one attached hydrogen (secondary N) is 1. The van der Waals surface area contributed by atoms with Crippen molar-refractivity contribution in [1.29, 1.82) is 5.26 Å². The second kappa shape index (κ2) is 7.73. The molecule has 1 amide bonds. The Bertz CT molecular complexity index is 963. The Balaban J connectivity index is 2.05. The summed E-state index contributed by atoms with van der Waals surface area (Å²) in [7, 11) is -2.64. The van der Waals surface area contributed by atoms with Gasteiger partial charge in [0.05, 0.1) is 28.0 Å². The van der Waals surface area contributed by atoms with Crippen LogP contribution in [0.15, 0.2) is 53.4 Å². The molecular weight excluding hydrogens is 360 g/mol. The maximum Gasteiger partial charge on any atom is 0.269 e.